The number of carbonyl (C=O) groups is 2. The van der Waals surface area contributed by atoms with Crippen molar-refractivity contribution in [2.24, 2.45) is 0 Å². The van der Waals surface area contributed by atoms with Gasteiger partial charge in [-0.2, -0.15) is 0 Å². The first-order valence-electron chi connectivity index (χ1n) is 12.7. The molecule has 1 saturated heterocycles. The number of carbonyl (C=O) groups excluding carboxylic acids is 2. The average molecular weight is 500 g/mol. The molecule has 1 fully saturated rings. The number of rotatable bonds is 10. The summed E-state index contributed by atoms with van der Waals surface area (Å²) in [7, 11) is 0. The molecule has 0 spiro atoms. The predicted molar refractivity (Wildman–Crippen MR) is 144 cm³/mol. The standard InChI is InChI=1S/C30H33N3O4/c1-4-18-37-25-15-11-23(12-16-25)28(34)26-27(22-9-13-24(14-10-22)32(5-2)6-3)33(30(36)29(26)35)20-21-8-7-17-31-19-21/h7-17,19,27,34H,4-6,18,20H2,1-3H3/b28-26-. The van der Waals surface area contributed by atoms with Gasteiger partial charge in [0.1, 0.15) is 11.5 Å². The molecule has 4 rings (SSSR count). The normalized spacial score (nSPS) is 16.7. The number of pyridine rings is 1. The highest BCUT2D eigenvalue weighted by Gasteiger charge is 2.46. The summed E-state index contributed by atoms with van der Waals surface area (Å²) in [5.74, 6) is -0.873. The topological polar surface area (TPSA) is 83.0 Å². The van der Waals surface area contributed by atoms with Gasteiger partial charge in [0.25, 0.3) is 11.7 Å². The minimum Gasteiger partial charge on any atom is -0.507 e. The lowest BCUT2D eigenvalue weighted by Crippen LogP contribution is -2.29. The Balaban J connectivity index is 1.77. The van der Waals surface area contributed by atoms with Crippen molar-refractivity contribution >= 4 is 23.1 Å². The van der Waals surface area contributed by atoms with E-state index in [9.17, 15) is 14.7 Å². The highest BCUT2D eigenvalue weighted by Crippen LogP contribution is 2.40. The van der Waals surface area contributed by atoms with Gasteiger partial charge in [0, 0.05) is 43.3 Å². The Morgan fingerprint density at radius 3 is 2.30 bits per heavy atom. The number of aromatic nitrogens is 1. The van der Waals surface area contributed by atoms with Crippen LogP contribution in [0.5, 0.6) is 5.75 Å². The first-order valence-corrected chi connectivity index (χ1v) is 12.7. The summed E-state index contributed by atoms with van der Waals surface area (Å²) in [6, 6.07) is 17.7. The van der Waals surface area contributed by atoms with Crippen LogP contribution in [0.1, 0.15) is 49.9 Å². The summed E-state index contributed by atoms with van der Waals surface area (Å²) < 4.78 is 5.64. The van der Waals surface area contributed by atoms with Crippen LogP contribution in [0, 0.1) is 0 Å². The molecule has 2 heterocycles. The van der Waals surface area contributed by atoms with Gasteiger partial charge in [-0.25, -0.2) is 0 Å². The van der Waals surface area contributed by atoms with E-state index in [4.69, 9.17) is 4.74 Å². The summed E-state index contributed by atoms with van der Waals surface area (Å²) in [5, 5.41) is 11.3. The molecule has 3 aromatic rings. The summed E-state index contributed by atoms with van der Waals surface area (Å²) >= 11 is 0. The summed E-state index contributed by atoms with van der Waals surface area (Å²) in [6.45, 7) is 8.74. The summed E-state index contributed by atoms with van der Waals surface area (Å²) in [5.41, 5.74) is 3.13. The van der Waals surface area contributed by atoms with E-state index in [1.165, 1.54) is 4.90 Å². The number of ether oxygens (including phenoxy) is 1. The quantitative estimate of drug-likeness (QED) is 0.230. The number of aliphatic hydroxyl groups is 1. The minimum absolute atomic E-state index is 0.0757. The maximum Gasteiger partial charge on any atom is 0.295 e. The number of aliphatic hydroxyl groups excluding tert-OH is 1. The fraction of sp³-hybridized carbons (Fsp3) is 0.300. The molecule has 7 heteroatoms. The number of amides is 1. The zero-order chi connectivity index (χ0) is 26.4. The molecule has 0 bridgehead atoms. The van der Waals surface area contributed by atoms with Crippen LogP contribution in [0.2, 0.25) is 0 Å². The van der Waals surface area contributed by atoms with Crippen LogP contribution in [0.4, 0.5) is 5.69 Å². The highest BCUT2D eigenvalue weighted by molar-refractivity contribution is 6.46. The second-order valence-electron chi connectivity index (χ2n) is 8.92. The predicted octanol–water partition coefficient (Wildman–Crippen LogP) is 5.34. The number of hydrogen-bond donors (Lipinski definition) is 1. The molecule has 192 valence electrons. The second-order valence-corrected chi connectivity index (χ2v) is 8.92. The fourth-order valence-corrected chi connectivity index (χ4v) is 4.62. The molecule has 1 aliphatic rings. The number of anilines is 1. The molecular weight excluding hydrogens is 466 g/mol. The molecule has 0 radical (unpaired) electrons. The lowest BCUT2D eigenvalue weighted by Gasteiger charge is -2.26. The first kappa shape index (κ1) is 25.9. The smallest absolute Gasteiger partial charge is 0.295 e. The van der Waals surface area contributed by atoms with E-state index in [-0.39, 0.29) is 17.9 Å². The van der Waals surface area contributed by atoms with Gasteiger partial charge >= 0.3 is 0 Å². The largest absolute Gasteiger partial charge is 0.507 e. The van der Waals surface area contributed by atoms with Gasteiger partial charge < -0.3 is 19.6 Å². The van der Waals surface area contributed by atoms with Crippen molar-refractivity contribution in [1.82, 2.24) is 9.88 Å². The Bertz CT molecular complexity index is 1250. The molecule has 2 aromatic carbocycles. The van der Waals surface area contributed by atoms with Gasteiger partial charge in [0.2, 0.25) is 0 Å². The third-order valence-electron chi connectivity index (χ3n) is 6.55. The van der Waals surface area contributed by atoms with Crippen molar-refractivity contribution in [2.45, 2.75) is 39.8 Å². The number of benzene rings is 2. The van der Waals surface area contributed by atoms with E-state index in [1.54, 1.807) is 42.7 Å². The number of hydrogen-bond acceptors (Lipinski definition) is 6. The number of likely N-dealkylation sites (tertiary alicyclic amines) is 1. The van der Waals surface area contributed by atoms with Crippen molar-refractivity contribution in [3.63, 3.8) is 0 Å². The molecule has 1 aromatic heterocycles. The summed E-state index contributed by atoms with van der Waals surface area (Å²) in [6.07, 6.45) is 4.22. The van der Waals surface area contributed by atoms with Crippen LogP contribution >= 0.6 is 0 Å². The van der Waals surface area contributed by atoms with Crippen molar-refractivity contribution in [3.8, 4) is 5.75 Å². The maximum atomic E-state index is 13.3. The monoisotopic (exact) mass is 499 g/mol. The van der Waals surface area contributed by atoms with Crippen LogP contribution in [0.25, 0.3) is 5.76 Å². The SMILES string of the molecule is CCCOc1ccc(/C(O)=C2/C(=O)C(=O)N(Cc3cccnc3)C2c2ccc(N(CC)CC)cc2)cc1. The lowest BCUT2D eigenvalue weighted by atomic mass is 9.95. The van der Waals surface area contributed by atoms with Gasteiger partial charge in [0.05, 0.1) is 18.2 Å². The zero-order valence-electron chi connectivity index (χ0n) is 21.6. The molecule has 0 saturated carbocycles. The van der Waals surface area contributed by atoms with E-state index < -0.39 is 17.7 Å². The van der Waals surface area contributed by atoms with Gasteiger partial charge in [-0.15, -0.1) is 0 Å². The lowest BCUT2D eigenvalue weighted by molar-refractivity contribution is -0.140. The van der Waals surface area contributed by atoms with Crippen LogP contribution in [0.15, 0.2) is 78.6 Å². The molecule has 37 heavy (non-hydrogen) atoms. The number of Topliss-reactive ketones (excluding diaryl/α,β-unsaturated/α-hetero) is 1. The molecule has 1 aliphatic heterocycles. The maximum absolute atomic E-state index is 13.3. The van der Waals surface area contributed by atoms with Crippen molar-refractivity contribution in [2.75, 3.05) is 24.6 Å². The molecule has 1 N–H and O–H groups in total. The van der Waals surface area contributed by atoms with Crippen molar-refractivity contribution in [3.05, 3.63) is 95.3 Å². The minimum atomic E-state index is -0.734. The van der Waals surface area contributed by atoms with Crippen LogP contribution in [-0.2, 0) is 16.1 Å². The van der Waals surface area contributed by atoms with E-state index >= 15 is 0 Å². The Labute approximate surface area is 218 Å². The highest BCUT2D eigenvalue weighted by atomic mass is 16.5. The Kier molecular flexibility index (Phi) is 8.23. The number of nitrogens with zero attached hydrogens (tertiary/aromatic N) is 3. The average Bonchev–Trinajstić information content (AvgIpc) is 3.18. The van der Waals surface area contributed by atoms with Gasteiger partial charge in [-0.1, -0.05) is 25.1 Å². The number of ketones is 1. The van der Waals surface area contributed by atoms with Gasteiger partial charge in [0.15, 0.2) is 0 Å². The third kappa shape index (κ3) is 5.50. The summed E-state index contributed by atoms with van der Waals surface area (Å²) in [4.78, 5) is 34.5. The Morgan fingerprint density at radius 2 is 1.70 bits per heavy atom. The van der Waals surface area contributed by atoms with Crippen molar-refractivity contribution in [1.29, 1.82) is 0 Å². The molecule has 1 atom stereocenters. The Hall–Kier alpha value is -4.13. The van der Waals surface area contributed by atoms with E-state index in [2.05, 4.69) is 23.7 Å². The Morgan fingerprint density at radius 1 is 1.00 bits per heavy atom. The molecule has 1 unspecified atom stereocenters. The fourth-order valence-electron chi connectivity index (χ4n) is 4.62. The van der Waals surface area contributed by atoms with E-state index in [1.807, 2.05) is 37.3 Å². The van der Waals surface area contributed by atoms with Gasteiger partial charge in [-0.3, -0.25) is 14.6 Å². The zero-order valence-corrected chi connectivity index (χ0v) is 21.6. The van der Waals surface area contributed by atoms with Crippen LogP contribution in [0.3, 0.4) is 0 Å². The van der Waals surface area contributed by atoms with E-state index in [0.717, 1.165) is 36.3 Å². The third-order valence-corrected chi connectivity index (χ3v) is 6.55. The molecule has 1 amide bonds. The van der Waals surface area contributed by atoms with Crippen molar-refractivity contribution < 1.29 is 19.4 Å². The van der Waals surface area contributed by atoms with Crippen LogP contribution < -0.4 is 9.64 Å². The second kappa shape index (κ2) is 11.7. The first-order chi connectivity index (χ1) is 18.0. The molecular formula is C30H33N3O4. The van der Waals surface area contributed by atoms with Crippen LogP contribution in [-0.4, -0.2) is 46.4 Å². The molecule has 0 aliphatic carbocycles. The van der Waals surface area contributed by atoms with E-state index in [0.29, 0.717) is 17.9 Å². The molecule has 7 nitrogen and oxygen atoms in total. The van der Waals surface area contributed by atoms with Gasteiger partial charge in [-0.05, 0) is 73.9 Å².